The fourth-order valence-electron chi connectivity index (χ4n) is 1.11. The molecule has 52 valence electrons. The molecule has 2 heteroatoms. The average Bonchev–Trinajstić information content (AvgIpc) is 2.33. The lowest BCUT2D eigenvalue weighted by atomic mass is 10.00. The lowest BCUT2D eigenvalue weighted by molar-refractivity contribution is 0.0583. The van der Waals surface area contributed by atoms with E-state index in [1.165, 1.54) is 0 Å². The third kappa shape index (κ3) is 1.23. The van der Waals surface area contributed by atoms with Crippen molar-refractivity contribution in [2.24, 2.45) is 11.1 Å². The summed E-state index contributed by atoms with van der Waals surface area (Å²) in [7, 11) is 0. The maximum Gasteiger partial charge on any atom is 0.135 e. The highest BCUT2D eigenvalue weighted by Crippen LogP contribution is 2.18. The summed E-state index contributed by atoms with van der Waals surface area (Å²) in [5.41, 5.74) is 0. The zero-order valence-electron chi connectivity index (χ0n) is 6.00. The molecule has 0 spiro atoms. The molecule has 0 saturated heterocycles. The van der Waals surface area contributed by atoms with Crippen LogP contribution < -0.4 is 0 Å². The Morgan fingerprint density at radius 1 is 1.44 bits per heavy atom. The van der Waals surface area contributed by atoms with E-state index in [4.69, 9.17) is 4.84 Å². The summed E-state index contributed by atoms with van der Waals surface area (Å²) in [5, 5.41) is 3.76. The van der Waals surface area contributed by atoms with Crippen molar-refractivity contribution in [1.82, 2.24) is 0 Å². The summed E-state index contributed by atoms with van der Waals surface area (Å²) in [4.78, 5) is 5.08. The van der Waals surface area contributed by atoms with Crippen molar-refractivity contribution in [3.05, 3.63) is 0 Å². The highest BCUT2D eigenvalue weighted by molar-refractivity contribution is 5.62. The van der Waals surface area contributed by atoms with Gasteiger partial charge in [0.05, 0.1) is 6.21 Å². The van der Waals surface area contributed by atoms with Crippen LogP contribution in [0.1, 0.15) is 26.7 Å². The van der Waals surface area contributed by atoms with Crippen LogP contribution in [-0.4, -0.2) is 12.3 Å². The molecule has 0 bridgehead atoms. The van der Waals surface area contributed by atoms with Gasteiger partial charge in [-0.25, -0.2) is 0 Å². The topological polar surface area (TPSA) is 21.6 Å². The molecule has 0 N–H and O–H groups in total. The summed E-state index contributed by atoms with van der Waals surface area (Å²) in [6.45, 7) is 4.29. The van der Waals surface area contributed by atoms with E-state index in [0.717, 1.165) is 12.8 Å². The van der Waals surface area contributed by atoms with Crippen LogP contribution in [0.15, 0.2) is 5.16 Å². The van der Waals surface area contributed by atoms with Gasteiger partial charge in [-0.3, -0.25) is 0 Å². The van der Waals surface area contributed by atoms with E-state index >= 15 is 0 Å². The van der Waals surface area contributed by atoms with Crippen molar-refractivity contribution in [3.8, 4) is 0 Å². The summed E-state index contributed by atoms with van der Waals surface area (Å²) in [6.07, 6.45) is 4.48. The second kappa shape index (κ2) is 2.85. The molecule has 1 aliphatic rings. The summed E-state index contributed by atoms with van der Waals surface area (Å²) in [5.74, 6) is 0.565. The first-order valence-electron chi connectivity index (χ1n) is 3.57. The zero-order chi connectivity index (χ0) is 6.69. The van der Waals surface area contributed by atoms with Crippen molar-refractivity contribution >= 4 is 6.21 Å². The minimum absolute atomic E-state index is 0.356. The van der Waals surface area contributed by atoms with Gasteiger partial charge in [0.2, 0.25) is 0 Å². The molecule has 0 aliphatic carbocycles. The minimum atomic E-state index is 0.356. The predicted octanol–water partition coefficient (Wildman–Crippen LogP) is 1.81. The molecule has 0 aromatic heterocycles. The Kier molecular flexibility index (Phi) is 2.09. The molecule has 0 saturated carbocycles. The van der Waals surface area contributed by atoms with E-state index in [9.17, 15) is 0 Å². The van der Waals surface area contributed by atoms with Gasteiger partial charge in [0.25, 0.3) is 0 Å². The normalized spacial score (nSPS) is 32.7. The van der Waals surface area contributed by atoms with Gasteiger partial charge in [-0.05, 0) is 12.8 Å². The van der Waals surface area contributed by atoms with Gasteiger partial charge in [0.1, 0.15) is 6.10 Å². The van der Waals surface area contributed by atoms with Crippen molar-refractivity contribution < 1.29 is 4.84 Å². The maximum absolute atomic E-state index is 5.08. The average molecular weight is 127 g/mol. The lowest BCUT2D eigenvalue weighted by Crippen LogP contribution is -2.15. The largest absolute Gasteiger partial charge is 0.392 e. The molecule has 0 fully saturated rings. The Balaban J connectivity index is 2.39. The van der Waals surface area contributed by atoms with Crippen LogP contribution in [0.2, 0.25) is 0 Å². The van der Waals surface area contributed by atoms with Crippen LogP contribution in [0.5, 0.6) is 0 Å². The van der Waals surface area contributed by atoms with Crippen LogP contribution in [0.4, 0.5) is 0 Å². The molecule has 2 atom stereocenters. The monoisotopic (exact) mass is 127 g/mol. The maximum atomic E-state index is 5.08. The molecule has 1 aliphatic heterocycles. The first-order valence-corrected chi connectivity index (χ1v) is 3.57. The Labute approximate surface area is 55.9 Å². The summed E-state index contributed by atoms with van der Waals surface area (Å²) >= 11 is 0. The van der Waals surface area contributed by atoms with E-state index < -0.39 is 0 Å². The van der Waals surface area contributed by atoms with Crippen molar-refractivity contribution in [2.75, 3.05) is 0 Å². The molecule has 1 rings (SSSR count). The molecule has 0 amide bonds. The third-order valence-corrected chi connectivity index (χ3v) is 1.80. The van der Waals surface area contributed by atoms with Crippen LogP contribution in [0.3, 0.4) is 0 Å². The number of oxime groups is 1. The standard InChI is InChI=1S/C7H13NO/c1-3-6-5-8-9-7(6)4-2/h5-7H,3-4H2,1-2H3. The Morgan fingerprint density at radius 2 is 2.22 bits per heavy atom. The molecule has 9 heavy (non-hydrogen) atoms. The van der Waals surface area contributed by atoms with Gasteiger partial charge in [-0.15, -0.1) is 0 Å². The number of rotatable bonds is 2. The molecule has 2 nitrogen and oxygen atoms in total. The summed E-state index contributed by atoms with van der Waals surface area (Å²) in [6, 6.07) is 0. The first-order chi connectivity index (χ1) is 4.38. The Morgan fingerprint density at radius 3 is 2.67 bits per heavy atom. The van der Waals surface area contributed by atoms with E-state index in [-0.39, 0.29) is 0 Å². The SMILES string of the molecule is CCC1C=NOC1CC. The van der Waals surface area contributed by atoms with Crippen molar-refractivity contribution in [1.29, 1.82) is 0 Å². The molecule has 1 heterocycles. The quantitative estimate of drug-likeness (QED) is 0.554. The fraction of sp³-hybridized carbons (Fsp3) is 0.857. The third-order valence-electron chi connectivity index (χ3n) is 1.80. The van der Waals surface area contributed by atoms with Crippen LogP contribution in [0, 0.1) is 5.92 Å². The van der Waals surface area contributed by atoms with Gasteiger partial charge in [-0.1, -0.05) is 19.0 Å². The summed E-state index contributed by atoms with van der Waals surface area (Å²) < 4.78 is 0. The fourth-order valence-corrected chi connectivity index (χ4v) is 1.11. The Bertz CT molecular complexity index is 111. The number of nitrogens with zero attached hydrogens (tertiary/aromatic N) is 1. The van der Waals surface area contributed by atoms with E-state index in [1.807, 2.05) is 6.21 Å². The van der Waals surface area contributed by atoms with E-state index in [0.29, 0.717) is 12.0 Å². The highest BCUT2D eigenvalue weighted by Gasteiger charge is 2.22. The molecular weight excluding hydrogens is 114 g/mol. The second-order valence-corrected chi connectivity index (χ2v) is 2.38. The van der Waals surface area contributed by atoms with Gasteiger partial charge < -0.3 is 4.84 Å². The predicted molar refractivity (Wildman–Crippen MR) is 37.4 cm³/mol. The van der Waals surface area contributed by atoms with Crippen LogP contribution in [-0.2, 0) is 4.84 Å². The molecule has 0 aromatic carbocycles. The van der Waals surface area contributed by atoms with Gasteiger partial charge in [0.15, 0.2) is 0 Å². The van der Waals surface area contributed by atoms with E-state index in [1.54, 1.807) is 0 Å². The van der Waals surface area contributed by atoms with Crippen LogP contribution in [0.25, 0.3) is 0 Å². The van der Waals surface area contributed by atoms with Gasteiger partial charge >= 0.3 is 0 Å². The molecule has 0 aromatic rings. The van der Waals surface area contributed by atoms with E-state index in [2.05, 4.69) is 19.0 Å². The number of hydrogen-bond acceptors (Lipinski definition) is 2. The minimum Gasteiger partial charge on any atom is -0.392 e. The second-order valence-electron chi connectivity index (χ2n) is 2.38. The van der Waals surface area contributed by atoms with Gasteiger partial charge in [-0.2, -0.15) is 0 Å². The molecular formula is C7H13NO. The first kappa shape index (κ1) is 6.59. The Hall–Kier alpha value is -0.530. The smallest absolute Gasteiger partial charge is 0.135 e. The molecule has 0 radical (unpaired) electrons. The zero-order valence-corrected chi connectivity index (χ0v) is 6.00. The van der Waals surface area contributed by atoms with Gasteiger partial charge in [0, 0.05) is 5.92 Å². The van der Waals surface area contributed by atoms with Crippen molar-refractivity contribution in [3.63, 3.8) is 0 Å². The van der Waals surface area contributed by atoms with Crippen molar-refractivity contribution in [2.45, 2.75) is 32.8 Å². The lowest BCUT2D eigenvalue weighted by Gasteiger charge is -2.10. The molecule has 2 unspecified atom stereocenters. The van der Waals surface area contributed by atoms with Crippen LogP contribution >= 0.6 is 0 Å². The number of hydrogen-bond donors (Lipinski definition) is 0. The highest BCUT2D eigenvalue weighted by atomic mass is 16.6.